The molecule has 174 valence electrons. The predicted molar refractivity (Wildman–Crippen MR) is 122 cm³/mol. The number of esters is 1. The molecule has 2 aromatic rings. The smallest absolute Gasteiger partial charge is 0.316 e. The molecule has 2 aromatic heterocycles. The summed E-state index contributed by atoms with van der Waals surface area (Å²) in [6.07, 6.45) is 6.04. The van der Waals surface area contributed by atoms with Gasteiger partial charge >= 0.3 is 5.97 Å². The van der Waals surface area contributed by atoms with E-state index in [1.165, 1.54) is 7.11 Å². The monoisotopic (exact) mass is 507 g/mol. The maximum absolute atomic E-state index is 12.1. The van der Waals surface area contributed by atoms with Crippen molar-refractivity contribution in [2.24, 2.45) is 5.92 Å². The third kappa shape index (κ3) is 5.43. The molecule has 0 radical (unpaired) electrons. The van der Waals surface area contributed by atoms with Gasteiger partial charge in [0, 0.05) is 48.7 Å². The van der Waals surface area contributed by atoms with Gasteiger partial charge in [-0.2, -0.15) is 0 Å². The largest absolute Gasteiger partial charge is 0.474 e. The van der Waals surface area contributed by atoms with Crippen LogP contribution in [0.25, 0.3) is 0 Å². The number of ether oxygens (including phenoxy) is 3. The van der Waals surface area contributed by atoms with Gasteiger partial charge in [-0.25, -0.2) is 4.98 Å². The molecule has 0 N–H and O–H groups in total. The summed E-state index contributed by atoms with van der Waals surface area (Å²) < 4.78 is 23.6. The molecule has 4 rings (SSSR count). The van der Waals surface area contributed by atoms with Crippen molar-refractivity contribution in [3.63, 3.8) is 0 Å². The Morgan fingerprint density at radius 3 is 2.59 bits per heavy atom. The van der Waals surface area contributed by atoms with Crippen LogP contribution in [0.5, 0.6) is 5.88 Å². The molecule has 8 nitrogen and oxygen atoms in total. The van der Waals surface area contributed by atoms with Crippen molar-refractivity contribution in [2.75, 3.05) is 25.1 Å². The van der Waals surface area contributed by atoms with Crippen LogP contribution in [0.4, 0.5) is 5.82 Å². The number of hydrogen-bond acceptors (Lipinski definition) is 8. The molecular formula is C23H30BrN3O5. The topological polar surface area (TPSA) is 86.9 Å². The number of anilines is 1. The summed E-state index contributed by atoms with van der Waals surface area (Å²) in [5.74, 6) is 1.30. The molecule has 3 heterocycles. The first-order chi connectivity index (χ1) is 15.4. The van der Waals surface area contributed by atoms with Gasteiger partial charge in [0.05, 0.1) is 19.3 Å². The first kappa shape index (κ1) is 23.0. The van der Waals surface area contributed by atoms with E-state index < -0.39 is 5.92 Å². The van der Waals surface area contributed by atoms with Gasteiger partial charge in [-0.3, -0.25) is 4.79 Å². The van der Waals surface area contributed by atoms with E-state index in [4.69, 9.17) is 18.7 Å². The molecule has 1 atom stereocenters. The van der Waals surface area contributed by atoms with Crippen LogP contribution in [0.1, 0.15) is 51.2 Å². The second-order valence-corrected chi connectivity index (χ2v) is 9.72. The molecule has 0 spiro atoms. The lowest BCUT2D eigenvalue weighted by atomic mass is 9.91. The molecule has 32 heavy (non-hydrogen) atoms. The number of aromatic nitrogens is 2. The molecule has 9 heteroatoms. The number of methoxy groups -OCH3 is 1. The fourth-order valence-electron chi connectivity index (χ4n) is 4.26. The molecule has 0 aromatic carbocycles. The Morgan fingerprint density at radius 1 is 1.19 bits per heavy atom. The fraction of sp³-hybridized carbons (Fsp3) is 0.609. The zero-order chi connectivity index (χ0) is 22.7. The van der Waals surface area contributed by atoms with Crippen LogP contribution < -0.4 is 9.64 Å². The van der Waals surface area contributed by atoms with Crippen LogP contribution in [0.15, 0.2) is 33.4 Å². The second kappa shape index (κ2) is 10.2. The summed E-state index contributed by atoms with van der Waals surface area (Å²) in [5.41, 5.74) is 0. The number of nitrogens with zero attached hydrogens (tertiary/aromatic N) is 3. The number of pyridine rings is 1. The highest BCUT2D eigenvalue weighted by Gasteiger charge is 2.35. The average Bonchev–Trinajstić information content (AvgIpc) is 3.22. The SMILES string of the molecule is COC(=O)C(c1cc(N2CCC(O[C@H]3C[C@H](Oc4cc(Br)ccn4)C3)CC2)no1)C(C)C. The van der Waals surface area contributed by atoms with Crippen molar-refractivity contribution in [3.05, 3.63) is 34.6 Å². The summed E-state index contributed by atoms with van der Waals surface area (Å²) in [5, 5.41) is 4.21. The van der Waals surface area contributed by atoms with Gasteiger partial charge < -0.3 is 23.6 Å². The summed E-state index contributed by atoms with van der Waals surface area (Å²) in [7, 11) is 1.40. The Labute approximate surface area is 196 Å². The van der Waals surface area contributed by atoms with E-state index in [0.29, 0.717) is 11.6 Å². The maximum Gasteiger partial charge on any atom is 0.316 e. The number of halogens is 1. The first-order valence-corrected chi connectivity index (χ1v) is 11.9. The molecule has 1 aliphatic carbocycles. The van der Waals surface area contributed by atoms with E-state index in [1.807, 2.05) is 32.0 Å². The highest BCUT2D eigenvalue weighted by atomic mass is 79.9. The molecule has 0 amide bonds. The van der Waals surface area contributed by atoms with Crippen LogP contribution in [-0.4, -0.2) is 54.6 Å². The molecule has 0 bridgehead atoms. The number of rotatable bonds is 8. The quantitative estimate of drug-likeness (QED) is 0.487. The first-order valence-electron chi connectivity index (χ1n) is 11.2. The van der Waals surface area contributed by atoms with Crippen molar-refractivity contribution >= 4 is 27.7 Å². The Balaban J connectivity index is 1.21. The minimum atomic E-state index is -0.442. The van der Waals surface area contributed by atoms with E-state index >= 15 is 0 Å². The number of carbonyl (C=O) groups is 1. The van der Waals surface area contributed by atoms with Crippen molar-refractivity contribution in [2.45, 2.75) is 63.8 Å². The average molecular weight is 508 g/mol. The molecular weight excluding hydrogens is 478 g/mol. The minimum absolute atomic E-state index is 0.0665. The van der Waals surface area contributed by atoms with Gasteiger partial charge in [-0.05, 0) is 24.8 Å². The molecule has 2 fully saturated rings. The lowest BCUT2D eigenvalue weighted by Crippen LogP contribution is -2.44. The van der Waals surface area contributed by atoms with E-state index in [2.05, 4.69) is 31.0 Å². The zero-order valence-electron chi connectivity index (χ0n) is 18.7. The Kier molecular flexibility index (Phi) is 7.35. The van der Waals surface area contributed by atoms with E-state index in [-0.39, 0.29) is 30.2 Å². The van der Waals surface area contributed by atoms with E-state index in [9.17, 15) is 4.79 Å². The third-order valence-electron chi connectivity index (χ3n) is 6.13. The predicted octanol–water partition coefficient (Wildman–Crippen LogP) is 4.34. The van der Waals surface area contributed by atoms with Gasteiger partial charge in [-0.15, -0.1) is 0 Å². The summed E-state index contributed by atoms with van der Waals surface area (Å²) in [4.78, 5) is 18.5. The second-order valence-electron chi connectivity index (χ2n) is 8.80. The number of carbonyl (C=O) groups excluding carboxylic acids is 1. The van der Waals surface area contributed by atoms with Gasteiger partial charge in [-0.1, -0.05) is 34.9 Å². The molecule has 2 aliphatic rings. The minimum Gasteiger partial charge on any atom is -0.474 e. The Bertz CT molecular complexity index is 907. The van der Waals surface area contributed by atoms with Crippen molar-refractivity contribution in [1.29, 1.82) is 0 Å². The van der Waals surface area contributed by atoms with Crippen molar-refractivity contribution < 1.29 is 23.5 Å². The Hall–Kier alpha value is -2.13. The van der Waals surface area contributed by atoms with Crippen molar-refractivity contribution in [1.82, 2.24) is 10.1 Å². The van der Waals surface area contributed by atoms with Crippen LogP contribution in [-0.2, 0) is 14.3 Å². The van der Waals surface area contributed by atoms with E-state index in [1.54, 1.807) is 6.20 Å². The van der Waals surface area contributed by atoms with Gasteiger partial charge in [0.25, 0.3) is 0 Å². The normalized spacial score (nSPS) is 22.5. The molecule has 1 saturated carbocycles. The molecule has 1 unspecified atom stereocenters. The van der Waals surface area contributed by atoms with Crippen LogP contribution in [0.2, 0.25) is 0 Å². The highest BCUT2D eigenvalue weighted by Crippen LogP contribution is 2.33. The summed E-state index contributed by atoms with van der Waals surface area (Å²) >= 11 is 3.44. The third-order valence-corrected chi connectivity index (χ3v) is 6.62. The van der Waals surface area contributed by atoms with Crippen LogP contribution in [0.3, 0.4) is 0 Å². The standard InChI is InChI=1S/C23H30BrN3O5/c1-14(2)22(23(28)29-3)19-13-20(26-32-19)27-8-5-16(6-9-27)30-17-11-18(12-17)31-21-10-15(24)4-7-25-21/h4,7,10,13-14,16-18,22H,5-6,8-9,11-12H2,1-3H3/t17-,18-,22?. The summed E-state index contributed by atoms with van der Waals surface area (Å²) in [6.45, 7) is 5.63. The zero-order valence-corrected chi connectivity index (χ0v) is 20.3. The van der Waals surface area contributed by atoms with Crippen LogP contribution in [0, 0.1) is 5.92 Å². The van der Waals surface area contributed by atoms with Gasteiger partial charge in [0.2, 0.25) is 5.88 Å². The van der Waals surface area contributed by atoms with Crippen molar-refractivity contribution in [3.8, 4) is 5.88 Å². The van der Waals surface area contributed by atoms with Crippen LogP contribution >= 0.6 is 15.9 Å². The molecule has 1 saturated heterocycles. The van der Waals surface area contributed by atoms with E-state index in [0.717, 1.165) is 49.1 Å². The lowest BCUT2D eigenvalue weighted by Gasteiger charge is -2.39. The Morgan fingerprint density at radius 2 is 1.94 bits per heavy atom. The lowest BCUT2D eigenvalue weighted by molar-refractivity contribution is -0.144. The summed E-state index contributed by atoms with van der Waals surface area (Å²) in [6, 6.07) is 5.63. The number of hydrogen-bond donors (Lipinski definition) is 0. The fourth-order valence-corrected chi connectivity index (χ4v) is 4.57. The maximum atomic E-state index is 12.1. The number of piperidine rings is 1. The van der Waals surface area contributed by atoms with Gasteiger partial charge in [0.1, 0.15) is 12.0 Å². The van der Waals surface area contributed by atoms with Gasteiger partial charge in [0.15, 0.2) is 11.6 Å². The molecule has 1 aliphatic heterocycles. The highest BCUT2D eigenvalue weighted by molar-refractivity contribution is 9.10.